The van der Waals surface area contributed by atoms with Crippen LogP contribution in [0.25, 0.3) is 0 Å². The van der Waals surface area contributed by atoms with Gasteiger partial charge in [0.2, 0.25) is 5.91 Å². The van der Waals surface area contributed by atoms with Crippen LogP contribution in [-0.2, 0) is 14.8 Å². The first kappa shape index (κ1) is 19.9. The van der Waals surface area contributed by atoms with E-state index in [1.165, 1.54) is 0 Å². The molecule has 1 saturated heterocycles. The molecule has 0 aliphatic carbocycles. The van der Waals surface area contributed by atoms with E-state index < -0.39 is 16.1 Å². The fourth-order valence-corrected chi connectivity index (χ4v) is 5.48. The van der Waals surface area contributed by atoms with Gasteiger partial charge in [-0.15, -0.1) is 11.3 Å². The van der Waals surface area contributed by atoms with Gasteiger partial charge in [-0.1, -0.05) is 38.1 Å². The zero-order valence-electron chi connectivity index (χ0n) is 15.5. The van der Waals surface area contributed by atoms with E-state index >= 15 is 0 Å². The number of nitrogens with zero attached hydrogens (tertiary/aromatic N) is 2. The Bertz CT molecular complexity index is 844. The molecule has 0 bridgehead atoms. The van der Waals surface area contributed by atoms with Gasteiger partial charge in [0.25, 0.3) is 10.0 Å². The summed E-state index contributed by atoms with van der Waals surface area (Å²) in [4.78, 5) is 17.0. The van der Waals surface area contributed by atoms with Crippen molar-refractivity contribution in [3.63, 3.8) is 0 Å². The Labute approximate surface area is 164 Å². The lowest BCUT2D eigenvalue weighted by Crippen LogP contribution is -2.56. The lowest BCUT2D eigenvalue weighted by molar-refractivity contribution is -0.134. The SMILES string of the molecule is CC(C)C(NS(=O)(=O)c1cccs1)C(=O)N1CCN(c2ccccc2)CC1. The second kappa shape index (κ2) is 8.41. The fourth-order valence-electron chi connectivity index (χ4n) is 3.13. The predicted molar refractivity (Wildman–Crippen MR) is 109 cm³/mol. The molecule has 0 radical (unpaired) electrons. The molecule has 1 aromatic heterocycles. The number of carbonyl (C=O) groups excluding carboxylic acids is 1. The van der Waals surface area contributed by atoms with Crippen molar-refractivity contribution in [2.75, 3.05) is 31.1 Å². The third-order valence-electron chi connectivity index (χ3n) is 4.69. The van der Waals surface area contributed by atoms with Gasteiger partial charge in [-0.05, 0) is 29.5 Å². The average molecular weight is 408 g/mol. The summed E-state index contributed by atoms with van der Waals surface area (Å²) in [5.74, 6) is -0.294. The molecule has 1 aromatic carbocycles. The van der Waals surface area contributed by atoms with E-state index in [1.54, 1.807) is 22.4 Å². The maximum atomic E-state index is 13.0. The van der Waals surface area contributed by atoms with E-state index in [4.69, 9.17) is 0 Å². The number of thiophene rings is 1. The average Bonchev–Trinajstić information content (AvgIpc) is 3.22. The summed E-state index contributed by atoms with van der Waals surface area (Å²) in [5.41, 5.74) is 1.14. The summed E-state index contributed by atoms with van der Waals surface area (Å²) in [6.45, 7) is 6.35. The monoisotopic (exact) mass is 407 g/mol. The molecule has 0 saturated carbocycles. The first-order chi connectivity index (χ1) is 12.9. The van der Waals surface area contributed by atoms with Crippen molar-refractivity contribution in [2.24, 2.45) is 5.92 Å². The van der Waals surface area contributed by atoms with Crippen LogP contribution in [0, 0.1) is 5.92 Å². The highest BCUT2D eigenvalue weighted by atomic mass is 32.2. The first-order valence-electron chi connectivity index (χ1n) is 9.03. The normalized spacial score (nSPS) is 16.6. The Kier molecular flexibility index (Phi) is 6.18. The van der Waals surface area contributed by atoms with Gasteiger partial charge in [-0.25, -0.2) is 8.42 Å². The smallest absolute Gasteiger partial charge is 0.250 e. The van der Waals surface area contributed by atoms with Crippen molar-refractivity contribution in [3.8, 4) is 0 Å². The number of amides is 1. The third kappa shape index (κ3) is 4.69. The van der Waals surface area contributed by atoms with Crippen LogP contribution in [0.1, 0.15) is 13.8 Å². The van der Waals surface area contributed by atoms with Crippen LogP contribution in [0.5, 0.6) is 0 Å². The highest BCUT2D eigenvalue weighted by molar-refractivity contribution is 7.91. The second-order valence-electron chi connectivity index (χ2n) is 6.92. The Morgan fingerprint density at radius 1 is 1.04 bits per heavy atom. The Balaban J connectivity index is 1.66. The first-order valence-corrected chi connectivity index (χ1v) is 11.4. The molecule has 1 aliphatic rings. The summed E-state index contributed by atoms with van der Waals surface area (Å²) in [5, 5.41) is 1.71. The molecule has 2 aromatic rings. The maximum absolute atomic E-state index is 13.0. The standard InChI is InChI=1S/C19H25N3O3S2/c1-15(2)18(20-27(24,25)17-9-6-14-26-17)19(23)22-12-10-21(11-13-22)16-7-4-3-5-8-16/h3-9,14-15,18,20H,10-13H2,1-2H3. The van der Waals surface area contributed by atoms with Crippen molar-refractivity contribution in [3.05, 3.63) is 47.8 Å². The van der Waals surface area contributed by atoms with Crippen molar-refractivity contribution >= 4 is 33.0 Å². The summed E-state index contributed by atoms with van der Waals surface area (Å²) in [7, 11) is -3.69. The van der Waals surface area contributed by atoms with Crippen molar-refractivity contribution < 1.29 is 13.2 Å². The second-order valence-corrected chi connectivity index (χ2v) is 9.81. The molecule has 146 valence electrons. The summed E-state index contributed by atoms with van der Waals surface area (Å²) >= 11 is 1.15. The van der Waals surface area contributed by atoms with E-state index in [-0.39, 0.29) is 16.0 Å². The minimum absolute atomic E-state index is 0.139. The van der Waals surface area contributed by atoms with Crippen molar-refractivity contribution in [1.29, 1.82) is 0 Å². The number of piperazine rings is 1. The minimum Gasteiger partial charge on any atom is -0.368 e. The zero-order chi connectivity index (χ0) is 19.4. The number of anilines is 1. The van der Waals surface area contributed by atoms with Crippen LogP contribution in [0.3, 0.4) is 0 Å². The molecule has 1 aliphatic heterocycles. The molecule has 1 N–H and O–H groups in total. The van der Waals surface area contributed by atoms with Gasteiger partial charge in [0, 0.05) is 31.9 Å². The fraction of sp³-hybridized carbons (Fsp3) is 0.421. The molecule has 1 amide bonds. The van der Waals surface area contributed by atoms with Gasteiger partial charge in [-0.3, -0.25) is 4.79 Å². The van der Waals surface area contributed by atoms with E-state index in [0.717, 1.165) is 30.1 Å². The number of hydrogen-bond donors (Lipinski definition) is 1. The number of sulfonamides is 1. The summed E-state index contributed by atoms with van der Waals surface area (Å²) in [6, 6.07) is 12.6. The molecule has 1 fully saturated rings. The molecule has 1 atom stereocenters. The molecular formula is C19H25N3O3S2. The summed E-state index contributed by atoms with van der Waals surface area (Å²) in [6.07, 6.45) is 0. The maximum Gasteiger partial charge on any atom is 0.250 e. The van der Waals surface area contributed by atoms with E-state index in [1.807, 2.05) is 32.0 Å². The van der Waals surface area contributed by atoms with Crippen LogP contribution in [-0.4, -0.2) is 51.4 Å². The van der Waals surface area contributed by atoms with E-state index in [2.05, 4.69) is 21.8 Å². The number of carbonyl (C=O) groups is 1. The van der Waals surface area contributed by atoms with Crippen LogP contribution >= 0.6 is 11.3 Å². The molecular weight excluding hydrogens is 382 g/mol. The highest BCUT2D eigenvalue weighted by Crippen LogP contribution is 2.20. The number of para-hydroxylation sites is 1. The molecule has 2 heterocycles. The Morgan fingerprint density at radius 3 is 2.26 bits per heavy atom. The zero-order valence-corrected chi connectivity index (χ0v) is 17.2. The lowest BCUT2D eigenvalue weighted by atomic mass is 10.0. The van der Waals surface area contributed by atoms with Crippen molar-refractivity contribution in [2.45, 2.75) is 24.1 Å². The number of rotatable bonds is 6. The van der Waals surface area contributed by atoms with E-state index in [9.17, 15) is 13.2 Å². The quantitative estimate of drug-likeness (QED) is 0.798. The molecule has 6 nitrogen and oxygen atoms in total. The van der Waals surface area contributed by atoms with Crippen molar-refractivity contribution in [1.82, 2.24) is 9.62 Å². The predicted octanol–water partition coefficient (Wildman–Crippen LogP) is 2.40. The molecule has 3 rings (SSSR count). The van der Waals surface area contributed by atoms with Crippen LogP contribution in [0.15, 0.2) is 52.1 Å². The van der Waals surface area contributed by atoms with Gasteiger partial charge in [0.1, 0.15) is 10.3 Å². The lowest BCUT2D eigenvalue weighted by Gasteiger charge is -2.38. The van der Waals surface area contributed by atoms with Crippen LogP contribution in [0.2, 0.25) is 0 Å². The van der Waals surface area contributed by atoms with Crippen LogP contribution < -0.4 is 9.62 Å². The van der Waals surface area contributed by atoms with Gasteiger partial charge in [0.15, 0.2) is 0 Å². The molecule has 8 heteroatoms. The Morgan fingerprint density at radius 2 is 1.70 bits per heavy atom. The van der Waals surface area contributed by atoms with Gasteiger partial charge >= 0.3 is 0 Å². The molecule has 0 spiro atoms. The van der Waals surface area contributed by atoms with E-state index in [0.29, 0.717) is 13.1 Å². The summed E-state index contributed by atoms with van der Waals surface area (Å²) < 4.78 is 27.9. The van der Waals surface area contributed by atoms with Gasteiger partial charge in [0.05, 0.1) is 0 Å². The minimum atomic E-state index is -3.69. The largest absolute Gasteiger partial charge is 0.368 e. The Hall–Kier alpha value is -1.90. The van der Waals surface area contributed by atoms with Crippen LogP contribution in [0.4, 0.5) is 5.69 Å². The topological polar surface area (TPSA) is 69.7 Å². The van der Waals surface area contributed by atoms with Gasteiger partial charge < -0.3 is 9.80 Å². The number of benzene rings is 1. The van der Waals surface area contributed by atoms with Gasteiger partial charge in [-0.2, -0.15) is 4.72 Å². The number of hydrogen-bond acceptors (Lipinski definition) is 5. The highest BCUT2D eigenvalue weighted by Gasteiger charge is 2.33. The number of nitrogens with one attached hydrogen (secondary N) is 1. The third-order valence-corrected chi connectivity index (χ3v) is 7.53. The molecule has 1 unspecified atom stereocenters. The molecule has 27 heavy (non-hydrogen) atoms.